The van der Waals surface area contributed by atoms with E-state index in [2.05, 4.69) is 4.90 Å². The van der Waals surface area contributed by atoms with Crippen LogP contribution in [0.3, 0.4) is 0 Å². The average molecular weight is 562 g/mol. The molecule has 4 rings (SSSR count). The van der Waals surface area contributed by atoms with E-state index in [9.17, 15) is 15.0 Å². The Hall–Kier alpha value is -2.87. The zero-order valence-electron chi connectivity index (χ0n) is 21.5. The minimum atomic E-state index is -0.468. The summed E-state index contributed by atoms with van der Waals surface area (Å²) >= 11 is 12.0. The molecule has 1 saturated heterocycles. The fraction of sp³-hybridized carbons (Fsp3) is 0.414. The van der Waals surface area contributed by atoms with E-state index in [1.54, 1.807) is 43.3 Å². The van der Waals surface area contributed by atoms with E-state index in [1.807, 2.05) is 6.07 Å². The van der Waals surface area contributed by atoms with Crippen LogP contribution >= 0.6 is 23.2 Å². The van der Waals surface area contributed by atoms with Crippen LogP contribution in [0.4, 0.5) is 0 Å². The second-order valence-electron chi connectivity index (χ2n) is 9.75. The van der Waals surface area contributed by atoms with Gasteiger partial charge in [0.2, 0.25) is 5.88 Å². The van der Waals surface area contributed by atoms with Crippen LogP contribution in [0.1, 0.15) is 48.0 Å². The number of para-hydroxylation sites is 1. The van der Waals surface area contributed by atoms with Gasteiger partial charge in [0.05, 0.1) is 34.5 Å². The van der Waals surface area contributed by atoms with Gasteiger partial charge in [0.15, 0.2) is 5.88 Å². The summed E-state index contributed by atoms with van der Waals surface area (Å²) in [6, 6.07) is 13.6. The van der Waals surface area contributed by atoms with Crippen molar-refractivity contribution in [1.82, 2.24) is 9.47 Å². The quantitative estimate of drug-likeness (QED) is 0.202. The topological polar surface area (TPSA) is 84.2 Å². The lowest BCUT2D eigenvalue weighted by Gasteiger charge is -2.32. The van der Waals surface area contributed by atoms with Crippen molar-refractivity contribution in [2.45, 2.75) is 39.0 Å². The largest absolute Gasteiger partial charge is 0.494 e. The van der Waals surface area contributed by atoms with Gasteiger partial charge in [0, 0.05) is 30.2 Å². The molecule has 2 heterocycles. The molecule has 0 bridgehead atoms. The average Bonchev–Trinajstić information content (AvgIpc) is 3.17. The molecule has 9 heteroatoms. The first kappa shape index (κ1) is 28.1. The number of aromatic hydroxyl groups is 2. The predicted molar refractivity (Wildman–Crippen MR) is 149 cm³/mol. The maximum Gasteiger partial charge on any atom is 0.340 e. The summed E-state index contributed by atoms with van der Waals surface area (Å²) in [6.07, 6.45) is 5.19. The van der Waals surface area contributed by atoms with Crippen molar-refractivity contribution in [2.24, 2.45) is 5.92 Å². The zero-order chi connectivity index (χ0) is 27.1. The normalized spacial score (nSPS) is 15.9. The molecule has 0 spiro atoms. The number of hydrogen-bond acceptors (Lipinski definition) is 6. The first-order chi connectivity index (χ1) is 18.3. The van der Waals surface area contributed by atoms with Gasteiger partial charge >= 0.3 is 5.97 Å². The van der Waals surface area contributed by atoms with Crippen molar-refractivity contribution in [1.29, 1.82) is 0 Å². The number of aromatic nitrogens is 1. The van der Waals surface area contributed by atoms with Crippen LogP contribution in [0.25, 0.3) is 5.69 Å². The van der Waals surface area contributed by atoms with Gasteiger partial charge < -0.3 is 24.6 Å². The number of carbonyl (C=O) groups is 1. The highest BCUT2D eigenvalue weighted by atomic mass is 35.5. The van der Waals surface area contributed by atoms with Crippen molar-refractivity contribution in [3.05, 3.63) is 69.7 Å². The molecule has 1 aliphatic rings. The summed E-state index contributed by atoms with van der Waals surface area (Å²) in [5, 5.41) is 21.6. The lowest BCUT2D eigenvalue weighted by Crippen LogP contribution is -2.38. The van der Waals surface area contributed by atoms with Crippen LogP contribution in [0, 0.1) is 12.8 Å². The third kappa shape index (κ3) is 7.16. The van der Waals surface area contributed by atoms with Crippen molar-refractivity contribution >= 4 is 29.2 Å². The zero-order valence-corrected chi connectivity index (χ0v) is 23.0. The molecular weight excluding hydrogens is 527 g/mol. The monoisotopic (exact) mass is 560 g/mol. The lowest BCUT2D eigenvalue weighted by molar-refractivity contribution is 0.0353. The van der Waals surface area contributed by atoms with Crippen LogP contribution in [0.5, 0.6) is 17.5 Å². The number of nitrogens with zero attached hydrogens (tertiary/aromatic N) is 2. The number of ether oxygens (including phenoxy) is 2. The molecule has 0 saturated carbocycles. The number of esters is 1. The van der Waals surface area contributed by atoms with Crippen LogP contribution in [-0.4, -0.2) is 58.5 Å². The highest BCUT2D eigenvalue weighted by Crippen LogP contribution is 2.33. The smallest absolute Gasteiger partial charge is 0.340 e. The standard InChI is InChI=1S/C29H34Cl2N2O5/c1-20-16-27(34)33(28(20)35)26-10-4-3-9-23(26)29(36)38-19-21-8-7-14-32(18-21)13-5-2-6-15-37-22-11-12-24(30)25(31)17-22/h3-4,9-12,16-17,21,34-35H,2,5-8,13-15,18-19H2,1H3. The number of carbonyl (C=O) groups excluding carboxylic acids is 1. The van der Waals surface area contributed by atoms with Crippen LogP contribution in [-0.2, 0) is 4.74 Å². The Morgan fingerprint density at radius 2 is 1.87 bits per heavy atom. The van der Waals surface area contributed by atoms with Crippen LogP contribution in [0.2, 0.25) is 10.0 Å². The Balaban J connectivity index is 1.20. The van der Waals surface area contributed by atoms with E-state index in [-0.39, 0.29) is 17.7 Å². The molecule has 2 N–H and O–H groups in total. The summed E-state index contributed by atoms with van der Waals surface area (Å²) in [4.78, 5) is 15.4. The number of hydrogen-bond donors (Lipinski definition) is 2. The van der Waals surface area contributed by atoms with Crippen LogP contribution < -0.4 is 4.74 Å². The number of likely N-dealkylation sites (tertiary alicyclic amines) is 1. The molecule has 1 atom stereocenters. The van der Waals surface area contributed by atoms with E-state index in [4.69, 9.17) is 32.7 Å². The molecule has 2 aromatic carbocycles. The Morgan fingerprint density at radius 1 is 1.05 bits per heavy atom. The van der Waals surface area contributed by atoms with E-state index in [0.29, 0.717) is 40.1 Å². The van der Waals surface area contributed by atoms with E-state index in [0.717, 1.165) is 57.5 Å². The molecule has 1 fully saturated rings. The molecule has 38 heavy (non-hydrogen) atoms. The maximum atomic E-state index is 13.0. The molecule has 0 radical (unpaired) electrons. The number of halogens is 2. The van der Waals surface area contributed by atoms with Crippen molar-refractivity contribution in [2.75, 3.05) is 32.8 Å². The fourth-order valence-electron chi connectivity index (χ4n) is 4.82. The summed E-state index contributed by atoms with van der Waals surface area (Å²) in [5.41, 5.74) is 1.20. The van der Waals surface area contributed by atoms with Gasteiger partial charge in [-0.25, -0.2) is 4.79 Å². The van der Waals surface area contributed by atoms with Crippen molar-refractivity contribution < 1.29 is 24.5 Å². The van der Waals surface area contributed by atoms with Crippen molar-refractivity contribution in [3.8, 4) is 23.2 Å². The van der Waals surface area contributed by atoms with Crippen LogP contribution in [0.15, 0.2) is 48.5 Å². The van der Waals surface area contributed by atoms with E-state index < -0.39 is 5.97 Å². The Bertz CT molecular complexity index is 1250. The lowest BCUT2D eigenvalue weighted by atomic mass is 9.98. The summed E-state index contributed by atoms with van der Waals surface area (Å²) in [7, 11) is 0. The van der Waals surface area contributed by atoms with Gasteiger partial charge in [-0.3, -0.25) is 4.57 Å². The molecule has 1 unspecified atom stereocenters. The minimum Gasteiger partial charge on any atom is -0.494 e. The second kappa shape index (κ2) is 13.3. The van der Waals surface area contributed by atoms with Crippen molar-refractivity contribution in [3.63, 3.8) is 0 Å². The van der Waals surface area contributed by atoms with E-state index >= 15 is 0 Å². The van der Waals surface area contributed by atoms with Gasteiger partial charge in [-0.15, -0.1) is 0 Å². The SMILES string of the molecule is Cc1cc(O)n(-c2ccccc2C(=O)OCC2CCCN(CCCCCOc3ccc(Cl)c(Cl)c3)C2)c1O. The molecular formula is C29H34Cl2N2O5. The maximum absolute atomic E-state index is 13.0. The molecule has 3 aromatic rings. The molecule has 1 aliphatic heterocycles. The van der Waals surface area contributed by atoms with Gasteiger partial charge in [-0.2, -0.15) is 0 Å². The number of unbranched alkanes of at least 4 members (excludes halogenated alkanes) is 2. The molecule has 204 valence electrons. The molecule has 7 nitrogen and oxygen atoms in total. The van der Waals surface area contributed by atoms with Gasteiger partial charge in [-0.05, 0) is 76.4 Å². The third-order valence-electron chi connectivity index (χ3n) is 6.84. The predicted octanol–water partition coefficient (Wildman–Crippen LogP) is 6.62. The highest BCUT2D eigenvalue weighted by Gasteiger charge is 2.23. The number of piperidine rings is 1. The molecule has 0 aliphatic carbocycles. The number of rotatable bonds is 11. The van der Waals surface area contributed by atoms with Gasteiger partial charge in [0.1, 0.15) is 5.75 Å². The number of aryl methyl sites for hydroxylation is 1. The highest BCUT2D eigenvalue weighted by molar-refractivity contribution is 6.42. The first-order valence-electron chi connectivity index (χ1n) is 13.0. The Labute approximate surface area is 233 Å². The van der Waals surface area contributed by atoms with Gasteiger partial charge in [0.25, 0.3) is 0 Å². The summed E-state index contributed by atoms with van der Waals surface area (Å²) < 4.78 is 12.7. The Kier molecular flexibility index (Phi) is 9.83. The number of benzene rings is 2. The third-order valence-corrected chi connectivity index (χ3v) is 7.57. The fourth-order valence-corrected chi connectivity index (χ4v) is 5.11. The minimum absolute atomic E-state index is 0.105. The first-order valence-corrected chi connectivity index (χ1v) is 13.8. The summed E-state index contributed by atoms with van der Waals surface area (Å²) in [5.74, 6) is 0.293. The van der Waals surface area contributed by atoms with E-state index in [1.165, 1.54) is 10.6 Å². The van der Waals surface area contributed by atoms with Gasteiger partial charge in [-0.1, -0.05) is 35.3 Å². The molecule has 1 aromatic heterocycles. The summed E-state index contributed by atoms with van der Waals surface area (Å²) in [6.45, 7) is 5.62. The Morgan fingerprint density at radius 3 is 2.63 bits per heavy atom. The second-order valence-corrected chi connectivity index (χ2v) is 10.6. The molecule has 0 amide bonds.